The van der Waals surface area contributed by atoms with Gasteiger partial charge in [-0.25, -0.2) is 9.98 Å². The molecule has 98 valence electrons. The molecule has 2 aromatic heterocycles. The SMILES string of the molecule is Cc1cc(=O)[nH]c(NC(N)=NCc2ccccn2)n1. The second kappa shape index (κ2) is 5.76. The van der Waals surface area contributed by atoms with Crippen molar-refractivity contribution in [3.05, 3.63) is 52.2 Å². The summed E-state index contributed by atoms with van der Waals surface area (Å²) in [5.74, 6) is 0.437. The van der Waals surface area contributed by atoms with Gasteiger partial charge in [0, 0.05) is 18.0 Å². The molecule has 0 fully saturated rings. The fourth-order valence-corrected chi connectivity index (χ4v) is 1.46. The summed E-state index contributed by atoms with van der Waals surface area (Å²) in [6.45, 7) is 2.08. The van der Waals surface area contributed by atoms with E-state index < -0.39 is 0 Å². The summed E-state index contributed by atoms with van der Waals surface area (Å²) in [6, 6.07) is 6.95. The number of aryl methyl sites for hydroxylation is 1. The molecule has 7 heteroatoms. The molecule has 0 unspecified atom stereocenters. The predicted molar refractivity (Wildman–Crippen MR) is 72.8 cm³/mol. The Kier molecular flexibility index (Phi) is 3.87. The van der Waals surface area contributed by atoms with Crippen molar-refractivity contribution in [2.45, 2.75) is 13.5 Å². The Morgan fingerprint density at radius 1 is 1.53 bits per heavy atom. The van der Waals surface area contributed by atoms with E-state index >= 15 is 0 Å². The van der Waals surface area contributed by atoms with Crippen LogP contribution in [0, 0.1) is 6.92 Å². The lowest BCUT2D eigenvalue weighted by Crippen LogP contribution is -2.25. The summed E-state index contributed by atoms with van der Waals surface area (Å²) in [5.41, 5.74) is 6.86. The molecule has 0 saturated heterocycles. The number of nitrogens with two attached hydrogens (primary N) is 1. The summed E-state index contributed by atoms with van der Waals surface area (Å²) < 4.78 is 0. The van der Waals surface area contributed by atoms with Gasteiger partial charge in [-0.3, -0.25) is 20.1 Å². The summed E-state index contributed by atoms with van der Waals surface area (Å²) in [5, 5.41) is 2.73. The minimum atomic E-state index is -0.243. The van der Waals surface area contributed by atoms with Gasteiger partial charge in [-0.2, -0.15) is 0 Å². The molecular weight excluding hydrogens is 244 g/mol. The normalized spacial score (nSPS) is 11.3. The zero-order chi connectivity index (χ0) is 13.7. The van der Waals surface area contributed by atoms with E-state index in [-0.39, 0.29) is 17.5 Å². The number of aliphatic imine (C=N–C) groups is 1. The number of pyridine rings is 1. The quantitative estimate of drug-likeness (QED) is 0.545. The van der Waals surface area contributed by atoms with Gasteiger partial charge in [0.05, 0.1) is 12.2 Å². The maximum atomic E-state index is 11.2. The van der Waals surface area contributed by atoms with Crippen LogP contribution >= 0.6 is 0 Å². The van der Waals surface area contributed by atoms with Crippen molar-refractivity contribution < 1.29 is 0 Å². The van der Waals surface area contributed by atoms with E-state index in [1.807, 2.05) is 18.2 Å². The van der Waals surface area contributed by atoms with E-state index in [1.54, 1.807) is 13.1 Å². The second-order valence-corrected chi connectivity index (χ2v) is 3.88. The van der Waals surface area contributed by atoms with E-state index in [4.69, 9.17) is 5.73 Å². The Hall–Kier alpha value is -2.70. The van der Waals surface area contributed by atoms with E-state index in [1.165, 1.54) is 6.07 Å². The average molecular weight is 258 g/mol. The highest BCUT2D eigenvalue weighted by atomic mass is 16.1. The van der Waals surface area contributed by atoms with Gasteiger partial charge in [0.25, 0.3) is 5.56 Å². The van der Waals surface area contributed by atoms with Crippen LogP contribution in [0.15, 0.2) is 40.2 Å². The third-order valence-electron chi connectivity index (χ3n) is 2.25. The fourth-order valence-electron chi connectivity index (χ4n) is 1.46. The number of nitrogens with one attached hydrogen (secondary N) is 2. The predicted octanol–water partition coefficient (Wildman–Crippen LogP) is 0.400. The van der Waals surface area contributed by atoms with Crippen LogP contribution in [-0.4, -0.2) is 20.9 Å². The molecule has 0 atom stereocenters. The molecule has 2 heterocycles. The largest absolute Gasteiger partial charge is 0.370 e. The van der Waals surface area contributed by atoms with Crippen molar-refractivity contribution in [2.24, 2.45) is 10.7 Å². The molecule has 0 aliphatic heterocycles. The molecule has 0 radical (unpaired) electrons. The zero-order valence-electron chi connectivity index (χ0n) is 10.4. The molecule has 0 saturated carbocycles. The first kappa shape index (κ1) is 12.7. The average Bonchev–Trinajstić information content (AvgIpc) is 2.36. The maximum Gasteiger partial charge on any atom is 0.252 e. The first-order valence-corrected chi connectivity index (χ1v) is 5.68. The molecule has 0 bridgehead atoms. The topological polar surface area (TPSA) is 109 Å². The number of aromatic nitrogens is 3. The minimum Gasteiger partial charge on any atom is -0.370 e. The third-order valence-corrected chi connectivity index (χ3v) is 2.25. The minimum absolute atomic E-state index is 0.166. The highest BCUT2D eigenvalue weighted by Gasteiger charge is 1.99. The van der Waals surface area contributed by atoms with Gasteiger partial charge in [-0.05, 0) is 19.1 Å². The lowest BCUT2D eigenvalue weighted by Gasteiger charge is -2.04. The zero-order valence-corrected chi connectivity index (χ0v) is 10.4. The molecule has 2 rings (SSSR count). The van der Waals surface area contributed by atoms with E-state index in [9.17, 15) is 4.79 Å². The van der Waals surface area contributed by atoms with E-state index in [2.05, 4.69) is 25.3 Å². The highest BCUT2D eigenvalue weighted by Crippen LogP contribution is 1.97. The Bertz CT molecular complexity index is 634. The van der Waals surface area contributed by atoms with E-state index in [0.717, 1.165) is 5.69 Å². The first-order valence-electron chi connectivity index (χ1n) is 5.68. The lowest BCUT2D eigenvalue weighted by molar-refractivity contribution is 0.981. The lowest BCUT2D eigenvalue weighted by atomic mass is 10.3. The molecule has 4 N–H and O–H groups in total. The number of rotatable bonds is 3. The van der Waals surface area contributed by atoms with Gasteiger partial charge in [0.15, 0.2) is 5.96 Å². The number of hydrogen-bond donors (Lipinski definition) is 3. The molecular formula is C12H14N6O. The van der Waals surface area contributed by atoms with Crippen molar-refractivity contribution >= 4 is 11.9 Å². The van der Waals surface area contributed by atoms with Crippen LogP contribution < -0.4 is 16.6 Å². The van der Waals surface area contributed by atoms with Gasteiger partial charge in [0.2, 0.25) is 5.95 Å². The summed E-state index contributed by atoms with van der Waals surface area (Å²) in [4.78, 5) is 26.1. The molecule has 19 heavy (non-hydrogen) atoms. The smallest absolute Gasteiger partial charge is 0.252 e. The first-order chi connectivity index (χ1) is 9.13. The van der Waals surface area contributed by atoms with Crippen molar-refractivity contribution in [1.29, 1.82) is 0 Å². The molecule has 7 nitrogen and oxygen atoms in total. The van der Waals surface area contributed by atoms with Crippen molar-refractivity contribution in [3.63, 3.8) is 0 Å². The van der Waals surface area contributed by atoms with Crippen LogP contribution in [-0.2, 0) is 6.54 Å². The van der Waals surface area contributed by atoms with E-state index in [0.29, 0.717) is 12.2 Å². The molecule has 0 aliphatic rings. The van der Waals surface area contributed by atoms with Crippen LogP contribution in [0.4, 0.5) is 5.95 Å². The van der Waals surface area contributed by atoms with Gasteiger partial charge in [-0.1, -0.05) is 6.07 Å². The summed E-state index contributed by atoms with van der Waals surface area (Å²) in [6.07, 6.45) is 1.69. The number of aromatic amines is 1. The number of anilines is 1. The Labute approximate surface area is 109 Å². The number of guanidine groups is 1. The van der Waals surface area contributed by atoms with Crippen molar-refractivity contribution in [2.75, 3.05) is 5.32 Å². The summed E-state index contributed by atoms with van der Waals surface area (Å²) >= 11 is 0. The Balaban J connectivity index is 2.04. The van der Waals surface area contributed by atoms with Gasteiger partial charge < -0.3 is 5.73 Å². The third kappa shape index (κ3) is 3.91. The summed E-state index contributed by atoms with van der Waals surface area (Å²) in [7, 11) is 0. The van der Waals surface area contributed by atoms with Crippen LogP contribution in [0.3, 0.4) is 0 Å². The van der Waals surface area contributed by atoms with Crippen LogP contribution in [0.1, 0.15) is 11.4 Å². The molecule has 0 aromatic carbocycles. The maximum absolute atomic E-state index is 11.2. The van der Waals surface area contributed by atoms with Crippen molar-refractivity contribution in [3.8, 4) is 0 Å². The molecule has 0 spiro atoms. The molecule has 2 aromatic rings. The Morgan fingerprint density at radius 2 is 2.37 bits per heavy atom. The standard InChI is InChI=1S/C12H14N6O/c1-8-6-10(19)17-12(16-8)18-11(13)15-7-9-4-2-3-5-14-9/h2-6H,7H2,1H3,(H4,13,15,16,17,18,19). The Morgan fingerprint density at radius 3 is 3.05 bits per heavy atom. The van der Waals surface area contributed by atoms with Gasteiger partial charge in [0.1, 0.15) is 0 Å². The number of nitrogens with zero attached hydrogens (tertiary/aromatic N) is 3. The van der Waals surface area contributed by atoms with Crippen LogP contribution in [0.5, 0.6) is 0 Å². The van der Waals surface area contributed by atoms with Crippen LogP contribution in [0.2, 0.25) is 0 Å². The second-order valence-electron chi connectivity index (χ2n) is 3.88. The van der Waals surface area contributed by atoms with Crippen LogP contribution in [0.25, 0.3) is 0 Å². The monoisotopic (exact) mass is 258 g/mol. The molecule has 0 aliphatic carbocycles. The van der Waals surface area contributed by atoms with Gasteiger partial charge in [-0.15, -0.1) is 0 Å². The fraction of sp³-hybridized carbons (Fsp3) is 0.167. The number of hydrogen-bond acceptors (Lipinski definition) is 4. The number of H-pyrrole nitrogens is 1. The molecule has 0 amide bonds. The highest BCUT2D eigenvalue weighted by molar-refractivity contribution is 5.90. The van der Waals surface area contributed by atoms with Crippen molar-refractivity contribution in [1.82, 2.24) is 15.0 Å². The van der Waals surface area contributed by atoms with Gasteiger partial charge >= 0.3 is 0 Å².